The summed E-state index contributed by atoms with van der Waals surface area (Å²) in [4.78, 5) is 0. The largest absolute Gasteiger partial charge is 0.508 e. The van der Waals surface area contributed by atoms with E-state index in [-0.39, 0.29) is 5.75 Å². The summed E-state index contributed by atoms with van der Waals surface area (Å²) in [5, 5.41) is 20.3. The third-order valence-corrected chi connectivity index (χ3v) is 6.76. The highest BCUT2D eigenvalue weighted by atomic mass is 31.2. The zero-order valence-electron chi connectivity index (χ0n) is 11.9. The van der Waals surface area contributed by atoms with Crippen LogP contribution in [0.1, 0.15) is 50.9 Å². The zero-order valence-corrected chi connectivity index (χ0v) is 12.8. The van der Waals surface area contributed by atoms with Crippen LogP contribution in [0.25, 0.3) is 0 Å². The van der Waals surface area contributed by atoms with E-state index in [1.54, 1.807) is 18.2 Å². The van der Waals surface area contributed by atoms with Crippen molar-refractivity contribution in [3.63, 3.8) is 0 Å². The second-order valence-corrected chi connectivity index (χ2v) is 8.33. The van der Waals surface area contributed by atoms with E-state index in [2.05, 4.69) is 13.8 Å². The van der Waals surface area contributed by atoms with Crippen molar-refractivity contribution in [1.82, 2.24) is 0 Å². The predicted molar refractivity (Wildman–Crippen MR) is 80.2 cm³/mol. The summed E-state index contributed by atoms with van der Waals surface area (Å²) in [6.45, 7) is 4.10. The Morgan fingerprint density at radius 3 is 2.11 bits per heavy atom. The molecule has 0 saturated carbocycles. The fourth-order valence-corrected chi connectivity index (χ4v) is 5.31. The van der Waals surface area contributed by atoms with E-state index in [1.807, 2.05) is 0 Å². The van der Waals surface area contributed by atoms with Crippen LogP contribution < -0.4 is 0 Å². The quantitative estimate of drug-likeness (QED) is 0.698. The number of benzene rings is 1. The van der Waals surface area contributed by atoms with Crippen molar-refractivity contribution in [2.75, 3.05) is 12.3 Å². The molecule has 1 rings (SSSR count). The van der Waals surface area contributed by atoms with Gasteiger partial charge >= 0.3 is 0 Å². The Kier molecular flexibility index (Phi) is 6.60. The average molecular weight is 284 g/mol. The summed E-state index contributed by atoms with van der Waals surface area (Å²) in [5.74, 6) is -1.00. The van der Waals surface area contributed by atoms with Crippen LogP contribution in [0.15, 0.2) is 24.3 Å². The fraction of sp³-hybridized carbons (Fsp3) is 0.600. The lowest BCUT2D eigenvalue weighted by atomic mass is 10.2. The first-order valence-corrected chi connectivity index (χ1v) is 9.23. The van der Waals surface area contributed by atoms with Gasteiger partial charge in [0.25, 0.3) is 0 Å². The lowest BCUT2D eigenvalue weighted by Crippen LogP contribution is -2.07. The normalized spacial score (nSPS) is 13.4. The molecule has 0 bridgehead atoms. The predicted octanol–water partition coefficient (Wildman–Crippen LogP) is 4.35. The number of phenols is 1. The Hall–Kier alpha value is -0.790. The molecule has 0 spiro atoms. The van der Waals surface area contributed by atoms with Crippen molar-refractivity contribution in [3.05, 3.63) is 29.8 Å². The van der Waals surface area contributed by atoms with Gasteiger partial charge in [-0.25, -0.2) is 0 Å². The number of aromatic hydroxyl groups is 1. The molecule has 1 aromatic carbocycles. The monoisotopic (exact) mass is 284 g/mol. The van der Waals surface area contributed by atoms with Crippen molar-refractivity contribution in [2.24, 2.45) is 0 Å². The van der Waals surface area contributed by atoms with Crippen LogP contribution in [-0.4, -0.2) is 22.5 Å². The first-order valence-electron chi connectivity index (χ1n) is 7.09. The molecule has 0 aromatic heterocycles. The first kappa shape index (κ1) is 16.3. The number of rotatable bonds is 8. The van der Waals surface area contributed by atoms with Crippen LogP contribution in [0.3, 0.4) is 0 Å². The number of hydrogen-bond donors (Lipinski definition) is 2. The van der Waals surface area contributed by atoms with Crippen LogP contribution in [-0.2, 0) is 4.57 Å². The molecule has 0 saturated heterocycles. The van der Waals surface area contributed by atoms with Gasteiger partial charge in [-0.15, -0.1) is 0 Å². The second kappa shape index (κ2) is 7.72. The van der Waals surface area contributed by atoms with Crippen LogP contribution >= 0.6 is 7.14 Å². The Bertz CT molecular complexity index is 419. The number of para-hydroxylation sites is 1. The minimum atomic E-state index is -2.70. The zero-order chi connectivity index (χ0) is 14.3. The molecule has 1 aromatic rings. The second-order valence-electron chi connectivity index (χ2n) is 5.04. The van der Waals surface area contributed by atoms with E-state index in [0.717, 1.165) is 25.7 Å². The van der Waals surface area contributed by atoms with Crippen LogP contribution in [0.2, 0.25) is 0 Å². The van der Waals surface area contributed by atoms with Crippen molar-refractivity contribution < 1.29 is 14.8 Å². The van der Waals surface area contributed by atoms with Crippen molar-refractivity contribution in [1.29, 1.82) is 0 Å². The molecular formula is C15H25O3P. The van der Waals surface area contributed by atoms with Gasteiger partial charge < -0.3 is 14.8 Å². The van der Waals surface area contributed by atoms with Gasteiger partial charge in [0.2, 0.25) is 0 Å². The summed E-state index contributed by atoms with van der Waals surface area (Å²) < 4.78 is 13.0. The minimum Gasteiger partial charge on any atom is -0.508 e. The van der Waals surface area contributed by atoms with Crippen LogP contribution in [0.5, 0.6) is 5.75 Å². The van der Waals surface area contributed by atoms with Gasteiger partial charge in [-0.05, 0) is 18.9 Å². The van der Waals surface area contributed by atoms with Crippen LogP contribution in [0.4, 0.5) is 0 Å². The molecule has 0 fully saturated rings. The highest BCUT2D eigenvalue weighted by Crippen LogP contribution is 2.59. The van der Waals surface area contributed by atoms with Gasteiger partial charge in [0.1, 0.15) is 18.7 Å². The summed E-state index contributed by atoms with van der Waals surface area (Å²) >= 11 is 0. The lowest BCUT2D eigenvalue weighted by molar-refractivity contribution is 0.247. The Morgan fingerprint density at radius 2 is 1.63 bits per heavy atom. The molecule has 0 aliphatic rings. The third-order valence-electron chi connectivity index (χ3n) is 3.44. The molecule has 0 amide bonds. The molecule has 4 heteroatoms. The maximum absolute atomic E-state index is 13.0. The molecule has 1 unspecified atom stereocenters. The minimum absolute atomic E-state index is 0.0308. The molecule has 0 aliphatic carbocycles. The van der Waals surface area contributed by atoms with E-state index in [4.69, 9.17) is 0 Å². The van der Waals surface area contributed by atoms with E-state index in [1.165, 1.54) is 6.07 Å². The molecule has 0 heterocycles. The highest BCUT2D eigenvalue weighted by molar-refractivity contribution is 7.64. The lowest BCUT2D eigenvalue weighted by Gasteiger charge is -2.24. The highest BCUT2D eigenvalue weighted by Gasteiger charge is 2.32. The molecule has 3 nitrogen and oxygen atoms in total. The van der Waals surface area contributed by atoms with E-state index >= 15 is 0 Å². The molecule has 19 heavy (non-hydrogen) atoms. The summed E-state index contributed by atoms with van der Waals surface area (Å²) in [5.41, 5.74) is 0.401. The average Bonchev–Trinajstić information content (AvgIpc) is 2.42. The van der Waals surface area contributed by atoms with Gasteiger partial charge in [-0.3, -0.25) is 0 Å². The van der Waals surface area contributed by atoms with E-state index < -0.39 is 13.0 Å². The Morgan fingerprint density at radius 1 is 1.11 bits per heavy atom. The van der Waals surface area contributed by atoms with Gasteiger partial charge in [0, 0.05) is 17.9 Å². The SMILES string of the molecule is CCCCP(=O)(CCCC)C(O)c1ccccc1O. The maximum atomic E-state index is 13.0. The molecule has 2 N–H and O–H groups in total. The molecule has 108 valence electrons. The maximum Gasteiger partial charge on any atom is 0.135 e. The number of phenolic OH excluding ortho intramolecular Hbond substituents is 1. The van der Waals surface area contributed by atoms with Gasteiger partial charge in [0.15, 0.2) is 0 Å². The molecular weight excluding hydrogens is 259 g/mol. The summed E-state index contributed by atoms with van der Waals surface area (Å²) in [7, 11) is -2.70. The van der Waals surface area contributed by atoms with Crippen molar-refractivity contribution in [3.8, 4) is 5.75 Å². The summed E-state index contributed by atoms with van der Waals surface area (Å²) in [6, 6.07) is 6.64. The van der Waals surface area contributed by atoms with Crippen molar-refractivity contribution >= 4 is 7.14 Å². The standard InChI is InChI=1S/C15H25O3P/c1-3-5-11-19(18,12-6-4-2)15(17)13-9-7-8-10-14(13)16/h7-10,15-17H,3-6,11-12H2,1-2H3. The summed E-state index contributed by atoms with van der Waals surface area (Å²) in [6.07, 6.45) is 4.74. The number of aliphatic hydroxyl groups excluding tert-OH is 1. The molecule has 0 radical (unpaired) electrons. The Labute approximate surface area is 116 Å². The van der Waals surface area contributed by atoms with Gasteiger partial charge in [-0.2, -0.15) is 0 Å². The van der Waals surface area contributed by atoms with Gasteiger partial charge in [0.05, 0.1) is 0 Å². The molecule has 1 atom stereocenters. The van der Waals surface area contributed by atoms with Crippen LogP contribution in [0, 0.1) is 0 Å². The first-order chi connectivity index (χ1) is 9.05. The number of hydrogen-bond acceptors (Lipinski definition) is 3. The fourth-order valence-electron chi connectivity index (χ4n) is 2.17. The van der Waals surface area contributed by atoms with E-state index in [0.29, 0.717) is 17.9 Å². The topological polar surface area (TPSA) is 57.5 Å². The number of aliphatic hydroxyl groups is 1. The van der Waals surface area contributed by atoms with Crippen molar-refractivity contribution in [2.45, 2.75) is 45.4 Å². The van der Waals surface area contributed by atoms with Gasteiger partial charge in [-0.1, -0.05) is 44.9 Å². The smallest absolute Gasteiger partial charge is 0.135 e. The third kappa shape index (κ3) is 4.36. The Balaban J connectivity index is 2.96. The molecule has 0 aliphatic heterocycles. The number of unbranched alkanes of at least 4 members (excludes halogenated alkanes) is 2. The van der Waals surface area contributed by atoms with E-state index in [9.17, 15) is 14.8 Å².